The third kappa shape index (κ3) is 3.89. The normalized spacial score (nSPS) is 23.5. The summed E-state index contributed by atoms with van der Waals surface area (Å²) in [6.45, 7) is 0.956. The van der Waals surface area contributed by atoms with Crippen LogP contribution in [0.15, 0.2) is 30.3 Å². The summed E-state index contributed by atoms with van der Waals surface area (Å²) in [4.78, 5) is 0. The van der Waals surface area contributed by atoms with Gasteiger partial charge in [-0.05, 0) is 42.9 Å². The number of hydrogen-bond donors (Lipinski definition) is 3. The summed E-state index contributed by atoms with van der Waals surface area (Å²) in [5.41, 5.74) is 0.802. The lowest BCUT2D eigenvalue weighted by atomic mass is 9.92. The van der Waals surface area contributed by atoms with Gasteiger partial charge in [0.05, 0.1) is 12.5 Å². The first kappa shape index (κ1) is 18.8. The Labute approximate surface area is 152 Å². The highest BCUT2D eigenvalue weighted by molar-refractivity contribution is 7.91. The molecule has 3 N–H and O–H groups in total. The van der Waals surface area contributed by atoms with Gasteiger partial charge in [-0.2, -0.15) is 8.42 Å². The van der Waals surface area contributed by atoms with E-state index in [0.29, 0.717) is 19.5 Å². The van der Waals surface area contributed by atoms with Crippen molar-refractivity contribution in [3.63, 3.8) is 0 Å². The first-order valence-electron chi connectivity index (χ1n) is 8.06. The van der Waals surface area contributed by atoms with E-state index in [9.17, 15) is 27.0 Å². The Morgan fingerprint density at radius 1 is 1.31 bits per heavy atom. The molecule has 1 saturated heterocycles. The highest BCUT2D eigenvalue weighted by Crippen LogP contribution is 2.33. The van der Waals surface area contributed by atoms with Gasteiger partial charge in [-0.3, -0.25) is 0 Å². The average Bonchev–Trinajstić information content (AvgIpc) is 2.79. The number of benzene rings is 1. The molecule has 1 fully saturated rings. The Morgan fingerprint density at radius 3 is 2.62 bits per heavy atom. The van der Waals surface area contributed by atoms with Gasteiger partial charge in [-0.15, -0.1) is 0 Å². The number of rotatable bonds is 4. The quantitative estimate of drug-likeness (QED) is 0.676. The fourth-order valence-corrected chi connectivity index (χ4v) is 5.31. The number of phenols is 1. The number of piperidine rings is 1. The van der Waals surface area contributed by atoms with Crippen molar-refractivity contribution in [3.8, 4) is 5.75 Å². The minimum atomic E-state index is -3.97. The molecule has 26 heavy (non-hydrogen) atoms. The molecule has 1 atom stereocenters. The molecule has 9 nitrogen and oxygen atoms in total. The molecule has 1 aromatic carbocycles. The molecule has 0 radical (unpaired) electrons. The van der Waals surface area contributed by atoms with E-state index in [1.54, 1.807) is 6.07 Å². The van der Waals surface area contributed by atoms with E-state index in [1.807, 2.05) is 4.72 Å². The number of nitrogens with one attached hydrogen (secondary N) is 1. The standard InChI is InChI=1S/C15H21N3O6S2/c1-25(21,22)17-6-2-3-12(9-17)7-11-4-5-13(14(19)8-11)18-10-15(20)16-26(18,23)24/h4-5,8,10,12,16,19-20H,2-3,6-7,9H2,1H3. The van der Waals surface area contributed by atoms with Gasteiger partial charge >= 0.3 is 10.2 Å². The van der Waals surface area contributed by atoms with Gasteiger partial charge in [0.15, 0.2) is 0 Å². The van der Waals surface area contributed by atoms with Gasteiger partial charge < -0.3 is 10.2 Å². The third-order valence-corrected chi connectivity index (χ3v) is 7.04. The Bertz CT molecular complexity index is 942. The van der Waals surface area contributed by atoms with Gasteiger partial charge in [-0.25, -0.2) is 21.8 Å². The van der Waals surface area contributed by atoms with Crippen LogP contribution in [0.25, 0.3) is 0 Å². The minimum absolute atomic E-state index is 0.0201. The van der Waals surface area contributed by atoms with Crippen LogP contribution in [0.2, 0.25) is 0 Å². The van der Waals surface area contributed by atoms with Crippen molar-refractivity contribution in [1.29, 1.82) is 0 Å². The number of phenolic OH excluding ortho intramolecular Hbond substituents is 1. The van der Waals surface area contributed by atoms with Crippen LogP contribution < -0.4 is 9.03 Å². The monoisotopic (exact) mass is 403 g/mol. The van der Waals surface area contributed by atoms with Crippen molar-refractivity contribution >= 4 is 25.9 Å². The van der Waals surface area contributed by atoms with E-state index in [2.05, 4.69) is 0 Å². The average molecular weight is 403 g/mol. The number of aliphatic hydroxyl groups excluding tert-OH is 1. The van der Waals surface area contributed by atoms with E-state index in [-0.39, 0.29) is 17.4 Å². The van der Waals surface area contributed by atoms with Crippen LogP contribution in [-0.4, -0.2) is 50.7 Å². The maximum absolute atomic E-state index is 11.9. The summed E-state index contributed by atoms with van der Waals surface area (Å²) in [5.74, 6) is -0.643. The number of hydrogen-bond acceptors (Lipinski definition) is 6. The van der Waals surface area contributed by atoms with Gasteiger partial charge in [0, 0.05) is 13.1 Å². The molecule has 2 heterocycles. The lowest BCUT2D eigenvalue weighted by molar-refractivity contribution is 0.266. The summed E-state index contributed by atoms with van der Waals surface area (Å²) in [7, 11) is -7.19. The molecule has 2 aliphatic rings. The zero-order valence-corrected chi connectivity index (χ0v) is 15.8. The summed E-state index contributed by atoms with van der Waals surface area (Å²) >= 11 is 0. The van der Waals surface area contributed by atoms with Crippen LogP contribution in [0.1, 0.15) is 18.4 Å². The van der Waals surface area contributed by atoms with Crippen LogP contribution in [-0.2, 0) is 26.7 Å². The predicted octanol–water partition coefficient (Wildman–Crippen LogP) is 0.618. The zero-order chi connectivity index (χ0) is 19.1. The summed E-state index contributed by atoms with van der Waals surface area (Å²) in [6, 6.07) is 4.61. The zero-order valence-electron chi connectivity index (χ0n) is 14.2. The lowest BCUT2D eigenvalue weighted by Gasteiger charge is -2.31. The van der Waals surface area contributed by atoms with Crippen LogP contribution in [0.4, 0.5) is 5.69 Å². The first-order valence-corrected chi connectivity index (χ1v) is 11.3. The fourth-order valence-electron chi connectivity index (χ4n) is 3.30. The molecule has 144 valence electrons. The van der Waals surface area contributed by atoms with Crippen LogP contribution >= 0.6 is 0 Å². The van der Waals surface area contributed by atoms with Crippen molar-refractivity contribution in [2.24, 2.45) is 5.92 Å². The number of aromatic hydroxyl groups is 1. The SMILES string of the molecule is CS(=O)(=O)N1CCCC(Cc2ccc(N3C=C(O)NS3(=O)=O)c(O)c2)C1. The molecule has 0 amide bonds. The molecule has 1 unspecified atom stereocenters. The molecule has 3 rings (SSSR count). The van der Waals surface area contributed by atoms with Crippen LogP contribution in [0.5, 0.6) is 5.75 Å². The van der Waals surface area contributed by atoms with Gasteiger partial charge in [-0.1, -0.05) is 6.07 Å². The van der Waals surface area contributed by atoms with E-state index < -0.39 is 26.1 Å². The van der Waals surface area contributed by atoms with Crippen molar-refractivity contribution < 1.29 is 27.0 Å². The number of anilines is 1. The number of sulfonamides is 1. The molecule has 0 aromatic heterocycles. The molecular formula is C15H21N3O6S2. The predicted molar refractivity (Wildman–Crippen MR) is 96.2 cm³/mol. The third-order valence-electron chi connectivity index (χ3n) is 4.48. The van der Waals surface area contributed by atoms with E-state index >= 15 is 0 Å². The lowest BCUT2D eigenvalue weighted by Crippen LogP contribution is -2.39. The van der Waals surface area contributed by atoms with Crippen LogP contribution in [0, 0.1) is 5.92 Å². The van der Waals surface area contributed by atoms with E-state index in [1.165, 1.54) is 22.7 Å². The molecular weight excluding hydrogens is 382 g/mol. The Morgan fingerprint density at radius 2 is 2.04 bits per heavy atom. The van der Waals surface area contributed by atoms with Gasteiger partial charge in [0.25, 0.3) is 0 Å². The van der Waals surface area contributed by atoms with Crippen molar-refractivity contribution in [1.82, 2.24) is 9.03 Å². The second kappa shape index (κ2) is 6.63. The van der Waals surface area contributed by atoms with Gasteiger partial charge in [0.2, 0.25) is 15.9 Å². The topological polar surface area (TPSA) is 127 Å². The molecule has 2 aliphatic heterocycles. The van der Waals surface area contributed by atoms with Crippen molar-refractivity contribution in [2.45, 2.75) is 19.3 Å². The highest BCUT2D eigenvalue weighted by Gasteiger charge is 2.31. The van der Waals surface area contributed by atoms with E-state index in [0.717, 1.165) is 28.9 Å². The Balaban J connectivity index is 1.76. The molecule has 0 spiro atoms. The maximum Gasteiger partial charge on any atom is 0.330 e. The summed E-state index contributed by atoms with van der Waals surface area (Å²) in [6.07, 6.45) is 4.41. The molecule has 11 heteroatoms. The minimum Gasteiger partial charge on any atom is -0.506 e. The second-order valence-electron chi connectivity index (χ2n) is 6.57. The van der Waals surface area contributed by atoms with Gasteiger partial charge in [0.1, 0.15) is 11.4 Å². The molecule has 0 aliphatic carbocycles. The smallest absolute Gasteiger partial charge is 0.330 e. The molecule has 0 saturated carbocycles. The second-order valence-corrected chi connectivity index (χ2v) is 10.1. The summed E-state index contributed by atoms with van der Waals surface area (Å²) < 4.78 is 51.3. The summed E-state index contributed by atoms with van der Waals surface area (Å²) in [5, 5.41) is 19.6. The number of nitrogens with zero attached hydrogens (tertiary/aromatic N) is 2. The maximum atomic E-state index is 11.9. The fraction of sp³-hybridized carbons (Fsp3) is 0.467. The Hall–Kier alpha value is -1.98. The Kier molecular flexibility index (Phi) is 4.80. The molecule has 1 aromatic rings. The van der Waals surface area contributed by atoms with E-state index in [4.69, 9.17) is 0 Å². The molecule has 0 bridgehead atoms. The first-order chi connectivity index (χ1) is 12.1. The van der Waals surface area contributed by atoms with Crippen molar-refractivity contribution in [2.75, 3.05) is 23.7 Å². The highest BCUT2D eigenvalue weighted by atomic mass is 32.2. The van der Waals surface area contributed by atoms with Crippen LogP contribution in [0.3, 0.4) is 0 Å². The largest absolute Gasteiger partial charge is 0.506 e. The number of aliphatic hydroxyl groups is 1. The van der Waals surface area contributed by atoms with Crippen molar-refractivity contribution in [3.05, 3.63) is 35.8 Å².